The number of rotatable bonds is 0. The molecule has 0 saturated heterocycles. The molecule has 0 atom stereocenters. The second-order valence-electron chi connectivity index (χ2n) is 2.99. The topological polar surface area (TPSA) is 12.9 Å². The van der Waals surface area contributed by atoms with Crippen LogP contribution in [0, 0.1) is 19.3 Å². The van der Waals surface area contributed by atoms with Crippen molar-refractivity contribution in [3.8, 4) is 12.3 Å². The quantitative estimate of drug-likeness (QED) is 0.549. The third-order valence-electron chi connectivity index (χ3n) is 2.07. The molecule has 0 radical (unpaired) electrons. The highest BCUT2D eigenvalue weighted by atomic mass is 14.7. The smallest absolute Gasteiger partial charge is 0.113 e. The van der Waals surface area contributed by atoms with Crippen molar-refractivity contribution >= 4 is 10.9 Å². The molecule has 0 saturated carbocycles. The van der Waals surface area contributed by atoms with Crippen LogP contribution in [0.4, 0.5) is 0 Å². The van der Waals surface area contributed by atoms with Crippen molar-refractivity contribution in [2.45, 2.75) is 6.92 Å². The summed E-state index contributed by atoms with van der Waals surface area (Å²) >= 11 is 0. The molecule has 1 nitrogen and oxygen atoms in total. The summed E-state index contributed by atoms with van der Waals surface area (Å²) in [5, 5.41) is 1.14. The minimum atomic E-state index is 0.696. The summed E-state index contributed by atoms with van der Waals surface area (Å²) in [7, 11) is 0. The zero-order chi connectivity index (χ0) is 9.26. The molecular formula is C12H9N. The molecule has 1 heteroatoms. The molecule has 0 fully saturated rings. The number of hydrogen-bond donors (Lipinski definition) is 0. The Morgan fingerprint density at radius 1 is 1.23 bits per heavy atom. The Balaban J connectivity index is 2.84. The number of hydrogen-bond acceptors (Lipinski definition) is 1. The molecule has 62 valence electrons. The molecule has 1 aromatic carbocycles. The standard InChI is InChI=1S/C12H9N/c1-3-11-8-7-10-6-4-5-9(2)12(10)13-11/h1,4-8H,2H3. The average Bonchev–Trinajstić information content (AvgIpc) is 2.18. The van der Waals surface area contributed by atoms with Crippen molar-refractivity contribution in [2.75, 3.05) is 0 Å². The Labute approximate surface area is 77.4 Å². The molecule has 13 heavy (non-hydrogen) atoms. The van der Waals surface area contributed by atoms with E-state index in [-0.39, 0.29) is 0 Å². The van der Waals surface area contributed by atoms with Gasteiger partial charge in [-0.3, -0.25) is 0 Å². The van der Waals surface area contributed by atoms with Gasteiger partial charge in [0.1, 0.15) is 5.69 Å². The summed E-state index contributed by atoms with van der Waals surface area (Å²) in [4.78, 5) is 4.36. The van der Waals surface area contributed by atoms with E-state index in [1.165, 1.54) is 0 Å². The summed E-state index contributed by atoms with van der Waals surface area (Å²) in [5.41, 5.74) is 2.86. The van der Waals surface area contributed by atoms with Crippen LogP contribution in [0.25, 0.3) is 10.9 Å². The van der Waals surface area contributed by atoms with Gasteiger partial charge in [-0.25, -0.2) is 4.98 Å². The van der Waals surface area contributed by atoms with Gasteiger partial charge >= 0.3 is 0 Å². The predicted molar refractivity (Wildman–Crippen MR) is 54.4 cm³/mol. The fourth-order valence-electron chi connectivity index (χ4n) is 1.38. The Hall–Kier alpha value is -1.81. The van der Waals surface area contributed by atoms with Gasteiger partial charge in [-0.2, -0.15) is 0 Å². The first-order valence-electron chi connectivity index (χ1n) is 4.14. The number of terminal acetylenes is 1. The molecule has 0 aliphatic rings. The van der Waals surface area contributed by atoms with Crippen LogP contribution >= 0.6 is 0 Å². The molecule has 0 spiro atoms. The maximum Gasteiger partial charge on any atom is 0.113 e. The molecule has 0 amide bonds. The van der Waals surface area contributed by atoms with E-state index in [2.05, 4.69) is 10.9 Å². The van der Waals surface area contributed by atoms with Gasteiger partial charge in [-0.15, -0.1) is 6.42 Å². The SMILES string of the molecule is C#Cc1ccc2cccc(C)c2n1. The van der Waals surface area contributed by atoms with Gasteiger partial charge < -0.3 is 0 Å². The molecule has 0 unspecified atom stereocenters. The summed E-state index contributed by atoms with van der Waals surface area (Å²) in [6, 6.07) is 9.96. The lowest BCUT2D eigenvalue weighted by Gasteiger charge is -2.00. The van der Waals surface area contributed by atoms with E-state index in [4.69, 9.17) is 6.42 Å². The van der Waals surface area contributed by atoms with Gasteiger partial charge in [-0.05, 0) is 24.6 Å². The highest BCUT2D eigenvalue weighted by Gasteiger charge is 1.97. The zero-order valence-corrected chi connectivity index (χ0v) is 7.41. The fourth-order valence-corrected chi connectivity index (χ4v) is 1.38. The van der Waals surface area contributed by atoms with Crippen molar-refractivity contribution in [3.63, 3.8) is 0 Å². The van der Waals surface area contributed by atoms with Crippen LogP contribution in [-0.4, -0.2) is 4.98 Å². The number of pyridine rings is 1. The van der Waals surface area contributed by atoms with E-state index in [0.29, 0.717) is 5.69 Å². The molecule has 2 rings (SSSR count). The van der Waals surface area contributed by atoms with Gasteiger partial charge in [-0.1, -0.05) is 24.1 Å². The molecule has 2 aromatic rings. The molecule has 1 aromatic heterocycles. The zero-order valence-electron chi connectivity index (χ0n) is 7.41. The van der Waals surface area contributed by atoms with Gasteiger partial charge in [0, 0.05) is 5.39 Å². The Morgan fingerprint density at radius 2 is 2.08 bits per heavy atom. The lowest BCUT2D eigenvalue weighted by Crippen LogP contribution is -1.86. The molecule has 0 N–H and O–H groups in total. The van der Waals surface area contributed by atoms with E-state index in [1.807, 2.05) is 37.3 Å². The van der Waals surface area contributed by atoms with Gasteiger partial charge in [0.05, 0.1) is 5.52 Å². The maximum atomic E-state index is 5.28. The van der Waals surface area contributed by atoms with Crippen LogP contribution in [-0.2, 0) is 0 Å². The highest BCUT2D eigenvalue weighted by molar-refractivity contribution is 5.82. The second kappa shape index (κ2) is 2.91. The third-order valence-corrected chi connectivity index (χ3v) is 2.07. The Morgan fingerprint density at radius 3 is 2.85 bits per heavy atom. The first-order chi connectivity index (χ1) is 6.31. The molecule has 0 bridgehead atoms. The van der Waals surface area contributed by atoms with E-state index in [1.54, 1.807) is 0 Å². The van der Waals surface area contributed by atoms with Crippen LogP contribution in [0.3, 0.4) is 0 Å². The monoisotopic (exact) mass is 167 g/mol. The van der Waals surface area contributed by atoms with E-state index in [0.717, 1.165) is 16.5 Å². The molecule has 1 heterocycles. The first kappa shape index (κ1) is 7.82. The van der Waals surface area contributed by atoms with Crippen LogP contribution < -0.4 is 0 Å². The normalized spacial score (nSPS) is 9.85. The Bertz CT molecular complexity index is 492. The van der Waals surface area contributed by atoms with Crippen molar-refractivity contribution < 1.29 is 0 Å². The summed E-state index contributed by atoms with van der Waals surface area (Å²) < 4.78 is 0. The van der Waals surface area contributed by atoms with Gasteiger partial charge in [0.2, 0.25) is 0 Å². The van der Waals surface area contributed by atoms with E-state index < -0.39 is 0 Å². The number of para-hydroxylation sites is 1. The van der Waals surface area contributed by atoms with Crippen molar-refractivity contribution in [1.82, 2.24) is 4.98 Å². The molecular weight excluding hydrogens is 158 g/mol. The summed E-state index contributed by atoms with van der Waals surface area (Å²) in [6.45, 7) is 2.04. The van der Waals surface area contributed by atoms with Crippen LogP contribution in [0.5, 0.6) is 0 Å². The van der Waals surface area contributed by atoms with Gasteiger partial charge in [0.25, 0.3) is 0 Å². The lowest BCUT2D eigenvalue weighted by atomic mass is 10.1. The average molecular weight is 167 g/mol. The third kappa shape index (κ3) is 1.27. The van der Waals surface area contributed by atoms with Crippen molar-refractivity contribution in [2.24, 2.45) is 0 Å². The second-order valence-corrected chi connectivity index (χ2v) is 2.99. The van der Waals surface area contributed by atoms with Crippen LogP contribution in [0.15, 0.2) is 30.3 Å². The minimum absolute atomic E-state index is 0.696. The lowest BCUT2D eigenvalue weighted by molar-refractivity contribution is 1.33. The summed E-state index contributed by atoms with van der Waals surface area (Å²) in [6.07, 6.45) is 5.28. The number of aryl methyl sites for hydroxylation is 1. The number of aromatic nitrogens is 1. The number of nitrogens with zero attached hydrogens (tertiary/aromatic N) is 1. The molecule has 0 aliphatic carbocycles. The predicted octanol–water partition coefficient (Wildman–Crippen LogP) is 2.52. The fraction of sp³-hybridized carbons (Fsp3) is 0.0833. The van der Waals surface area contributed by atoms with E-state index >= 15 is 0 Å². The van der Waals surface area contributed by atoms with Gasteiger partial charge in [0.15, 0.2) is 0 Å². The van der Waals surface area contributed by atoms with Crippen molar-refractivity contribution in [1.29, 1.82) is 0 Å². The highest BCUT2D eigenvalue weighted by Crippen LogP contribution is 2.15. The van der Waals surface area contributed by atoms with E-state index in [9.17, 15) is 0 Å². The Kier molecular flexibility index (Phi) is 1.75. The maximum absolute atomic E-state index is 5.28. The van der Waals surface area contributed by atoms with Crippen LogP contribution in [0.1, 0.15) is 11.3 Å². The first-order valence-corrected chi connectivity index (χ1v) is 4.14. The van der Waals surface area contributed by atoms with Crippen LogP contribution in [0.2, 0.25) is 0 Å². The minimum Gasteiger partial charge on any atom is -0.239 e. The summed E-state index contributed by atoms with van der Waals surface area (Å²) in [5.74, 6) is 2.54. The molecule has 0 aliphatic heterocycles. The van der Waals surface area contributed by atoms with Crippen molar-refractivity contribution in [3.05, 3.63) is 41.6 Å². The number of benzene rings is 1. The number of fused-ring (bicyclic) bond motifs is 1. The largest absolute Gasteiger partial charge is 0.239 e.